The first-order valence-corrected chi connectivity index (χ1v) is 13.4. The SMILES string of the molecule is CC(C)(C)C#Cc1cc(N(C(=O)c2ccc(Cl)cc2Cl)C2CCC3(CC2)CNC(=O)C3)c(C(=O)O)s1. The minimum absolute atomic E-state index is 0.0578. The Hall–Kier alpha value is -2.53. The summed E-state index contributed by atoms with van der Waals surface area (Å²) in [6.07, 6.45) is 3.30. The van der Waals surface area contributed by atoms with Crippen LogP contribution in [0.4, 0.5) is 5.69 Å². The molecule has 6 nitrogen and oxygen atoms in total. The van der Waals surface area contributed by atoms with Gasteiger partial charge in [-0.3, -0.25) is 9.59 Å². The molecule has 1 aliphatic carbocycles. The molecular formula is C27H28Cl2N2O4S. The average molecular weight is 548 g/mol. The van der Waals surface area contributed by atoms with Gasteiger partial charge in [0.05, 0.1) is 21.2 Å². The van der Waals surface area contributed by atoms with Crippen molar-refractivity contribution in [2.75, 3.05) is 11.4 Å². The monoisotopic (exact) mass is 546 g/mol. The molecule has 0 atom stereocenters. The maximum absolute atomic E-state index is 14.0. The number of hydrogen-bond acceptors (Lipinski definition) is 4. The van der Waals surface area contributed by atoms with E-state index in [-0.39, 0.29) is 44.1 Å². The van der Waals surface area contributed by atoms with Gasteiger partial charge in [0.15, 0.2) is 0 Å². The minimum atomic E-state index is -1.11. The number of thiophene rings is 1. The molecule has 2 N–H and O–H groups in total. The van der Waals surface area contributed by atoms with E-state index in [2.05, 4.69) is 17.2 Å². The van der Waals surface area contributed by atoms with Crippen LogP contribution in [0.1, 0.15) is 77.8 Å². The molecule has 0 unspecified atom stereocenters. The molecule has 9 heteroatoms. The van der Waals surface area contributed by atoms with Crippen LogP contribution in [0, 0.1) is 22.7 Å². The zero-order chi connectivity index (χ0) is 26.3. The van der Waals surface area contributed by atoms with E-state index in [1.807, 2.05) is 20.8 Å². The highest BCUT2D eigenvalue weighted by Gasteiger charge is 2.44. The molecule has 190 valence electrons. The van der Waals surface area contributed by atoms with Gasteiger partial charge in [0, 0.05) is 29.4 Å². The number of amides is 2. The smallest absolute Gasteiger partial charge is 0.348 e. The summed E-state index contributed by atoms with van der Waals surface area (Å²) >= 11 is 13.5. The Morgan fingerprint density at radius 3 is 2.44 bits per heavy atom. The van der Waals surface area contributed by atoms with Gasteiger partial charge >= 0.3 is 5.97 Å². The largest absolute Gasteiger partial charge is 0.477 e. The van der Waals surface area contributed by atoms with Crippen molar-refractivity contribution in [2.45, 2.75) is 58.9 Å². The van der Waals surface area contributed by atoms with E-state index in [0.717, 1.165) is 24.2 Å². The van der Waals surface area contributed by atoms with E-state index in [4.69, 9.17) is 23.2 Å². The number of carboxylic acids is 1. The van der Waals surface area contributed by atoms with Gasteiger partial charge in [-0.2, -0.15) is 0 Å². The third kappa shape index (κ3) is 5.72. The van der Waals surface area contributed by atoms with Crippen molar-refractivity contribution in [1.82, 2.24) is 5.32 Å². The summed E-state index contributed by atoms with van der Waals surface area (Å²) in [6, 6.07) is 6.11. The van der Waals surface area contributed by atoms with Crippen LogP contribution in [0.3, 0.4) is 0 Å². The quantitative estimate of drug-likeness (QED) is 0.444. The van der Waals surface area contributed by atoms with Crippen molar-refractivity contribution in [3.8, 4) is 11.8 Å². The van der Waals surface area contributed by atoms with Gasteiger partial charge < -0.3 is 15.3 Å². The van der Waals surface area contributed by atoms with E-state index < -0.39 is 5.97 Å². The van der Waals surface area contributed by atoms with E-state index >= 15 is 0 Å². The fourth-order valence-corrected chi connectivity index (χ4v) is 6.20. The molecule has 2 aliphatic rings. The Morgan fingerprint density at radius 2 is 1.89 bits per heavy atom. The topological polar surface area (TPSA) is 86.7 Å². The fraction of sp³-hybridized carbons (Fsp3) is 0.444. The Labute approximate surface area is 225 Å². The first-order chi connectivity index (χ1) is 16.9. The lowest BCUT2D eigenvalue weighted by Crippen LogP contribution is -2.45. The summed E-state index contributed by atoms with van der Waals surface area (Å²) in [5.74, 6) is 4.78. The number of benzene rings is 1. The second-order valence-electron chi connectivity index (χ2n) is 10.6. The van der Waals surface area contributed by atoms with Gasteiger partial charge in [0.1, 0.15) is 4.88 Å². The van der Waals surface area contributed by atoms with Crippen molar-refractivity contribution >= 4 is 58.0 Å². The van der Waals surface area contributed by atoms with Gasteiger partial charge in [-0.15, -0.1) is 11.3 Å². The first kappa shape index (κ1) is 26.5. The second kappa shape index (κ2) is 10.1. The maximum Gasteiger partial charge on any atom is 0.348 e. The normalized spacial score (nSPS) is 21.6. The molecule has 0 radical (unpaired) electrons. The number of carbonyl (C=O) groups excluding carboxylic acids is 2. The predicted octanol–water partition coefficient (Wildman–Crippen LogP) is 6.25. The zero-order valence-corrected chi connectivity index (χ0v) is 22.7. The van der Waals surface area contributed by atoms with Crippen molar-refractivity contribution in [3.63, 3.8) is 0 Å². The number of anilines is 1. The van der Waals surface area contributed by atoms with E-state index in [9.17, 15) is 19.5 Å². The van der Waals surface area contributed by atoms with Gasteiger partial charge in [-0.1, -0.05) is 35.0 Å². The molecule has 1 aromatic carbocycles. The molecule has 2 fully saturated rings. The summed E-state index contributed by atoms with van der Waals surface area (Å²) in [4.78, 5) is 40.3. The molecule has 2 heterocycles. The Bertz CT molecular complexity index is 1280. The predicted molar refractivity (Wildman–Crippen MR) is 143 cm³/mol. The maximum atomic E-state index is 14.0. The first-order valence-electron chi connectivity index (χ1n) is 11.8. The van der Waals surface area contributed by atoms with Gasteiger partial charge in [0.2, 0.25) is 5.91 Å². The number of halogens is 2. The third-order valence-corrected chi connectivity index (χ3v) is 8.26. The second-order valence-corrected chi connectivity index (χ2v) is 12.5. The molecule has 2 aromatic rings. The Kier molecular flexibility index (Phi) is 7.43. The summed E-state index contributed by atoms with van der Waals surface area (Å²) in [6.45, 7) is 6.57. The highest BCUT2D eigenvalue weighted by atomic mass is 35.5. The molecular weight excluding hydrogens is 519 g/mol. The van der Waals surface area contributed by atoms with Crippen LogP contribution in [-0.2, 0) is 4.79 Å². The van der Waals surface area contributed by atoms with Crippen molar-refractivity contribution < 1.29 is 19.5 Å². The number of hydrogen-bond donors (Lipinski definition) is 2. The molecule has 1 saturated carbocycles. The van der Waals surface area contributed by atoms with E-state index in [0.29, 0.717) is 41.4 Å². The Morgan fingerprint density at radius 1 is 1.19 bits per heavy atom. The lowest BCUT2D eigenvalue weighted by Gasteiger charge is -2.41. The Balaban J connectivity index is 1.76. The van der Waals surface area contributed by atoms with Gasteiger partial charge in [-0.25, -0.2) is 4.79 Å². The van der Waals surface area contributed by atoms with Crippen LogP contribution < -0.4 is 10.2 Å². The number of carbonyl (C=O) groups is 3. The summed E-state index contributed by atoms with van der Waals surface area (Å²) in [7, 11) is 0. The molecule has 2 amide bonds. The molecule has 1 aliphatic heterocycles. The molecule has 1 saturated heterocycles. The van der Waals surface area contributed by atoms with Crippen molar-refractivity contribution in [3.05, 3.63) is 49.6 Å². The van der Waals surface area contributed by atoms with Crippen LogP contribution in [0.2, 0.25) is 10.0 Å². The number of carboxylic acid groups (broad SMARTS) is 1. The van der Waals surface area contributed by atoms with Crippen LogP contribution in [0.15, 0.2) is 24.3 Å². The number of nitrogens with zero attached hydrogens (tertiary/aromatic N) is 1. The standard InChI is InChI=1S/C27H28Cl2N2O4S/c1-26(2,3)9-8-18-13-21(23(36-18)25(34)35)31(24(33)19-5-4-16(28)12-20(19)29)17-6-10-27(11-7-17)14-22(32)30-15-27/h4-5,12-13,17H,6-7,10-11,14-15H2,1-3H3,(H,30,32)(H,34,35). The lowest BCUT2D eigenvalue weighted by atomic mass is 9.71. The molecule has 1 aromatic heterocycles. The molecule has 0 bridgehead atoms. The lowest BCUT2D eigenvalue weighted by molar-refractivity contribution is -0.119. The number of aromatic carboxylic acids is 1. The molecule has 36 heavy (non-hydrogen) atoms. The van der Waals surface area contributed by atoms with Crippen LogP contribution in [-0.4, -0.2) is 35.5 Å². The van der Waals surface area contributed by atoms with Crippen molar-refractivity contribution in [2.24, 2.45) is 10.8 Å². The number of rotatable bonds is 4. The van der Waals surface area contributed by atoms with Gasteiger partial charge in [-0.05, 0) is 76.1 Å². The van der Waals surface area contributed by atoms with Gasteiger partial charge in [0.25, 0.3) is 5.91 Å². The summed E-state index contributed by atoms with van der Waals surface area (Å²) < 4.78 is 0. The van der Waals surface area contributed by atoms with E-state index in [1.165, 1.54) is 6.07 Å². The molecule has 1 spiro atoms. The fourth-order valence-electron chi connectivity index (χ4n) is 4.87. The average Bonchev–Trinajstić information content (AvgIpc) is 3.37. The zero-order valence-electron chi connectivity index (χ0n) is 20.4. The molecule has 4 rings (SSSR count). The highest BCUT2D eigenvalue weighted by molar-refractivity contribution is 7.15. The highest BCUT2D eigenvalue weighted by Crippen LogP contribution is 2.45. The van der Waals surface area contributed by atoms with Crippen LogP contribution >= 0.6 is 34.5 Å². The number of nitrogens with one attached hydrogen (secondary N) is 1. The van der Waals surface area contributed by atoms with Crippen molar-refractivity contribution in [1.29, 1.82) is 0 Å². The summed E-state index contributed by atoms with van der Waals surface area (Å²) in [5, 5.41) is 13.6. The summed E-state index contributed by atoms with van der Waals surface area (Å²) in [5.41, 5.74) is 0.213. The minimum Gasteiger partial charge on any atom is -0.477 e. The van der Waals surface area contributed by atoms with E-state index in [1.54, 1.807) is 23.1 Å². The van der Waals surface area contributed by atoms with Crippen LogP contribution in [0.5, 0.6) is 0 Å². The third-order valence-electron chi connectivity index (χ3n) is 6.68. The van der Waals surface area contributed by atoms with Crippen LogP contribution in [0.25, 0.3) is 0 Å².